The highest BCUT2D eigenvalue weighted by Crippen LogP contribution is 2.29. The van der Waals surface area contributed by atoms with Gasteiger partial charge in [-0.3, -0.25) is 0 Å². The van der Waals surface area contributed by atoms with Gasteiger partial charge in [-0.05, 0) is 78.2 Å². The third kappa shape index (κ3) is 5.21. The number of benzene rings is 1. The van der Waals surface area contributed by atoms with Gasteiger partial charge in [-0.1, -0.05) is 37.3 Å². The molecule has 0 N–H and O–H groups in total. The molecule has 2 heterocycles. The molecular formula is C29H35N2O+. The number of morpholine rings is 1. The van der Waals surface area contributed by atoms with Crippen LogP contribution < -0.4 is 4.90 Å². The Morgan fingerprint density at radius 1 is 0.906 bits per heavy atom. The van der Waals surface area contributed by atoms with Crippen LogP contribution in [0.15, 0.2) is 77.4 Å². The minimum Gasteiger partial charge on any atom is -0.372 e. The van der Waals surface area contributed by atoms with Crippen LogP contribution in [0.4, 0.5) is 5.69 Å². The molecule has 0 radical (unpaired) electrons. The van der Waals surface area contributed by atoms with Crippen molar-refractivity contribution in [2.45, 2.75) is 32.6 Å². The van der Waals surface area contributed by atoms with Gasteiger partial charge in [-0.15, -0.1) is 0 Å². The zero-order chi connectivity index (χ0) is 21.8. The third-order valence-electron chi connectivity index (χ3n) is 7.09. The first-order valence-electron chi connectivity index (χ1n) is 12.3. The molecule has 0 unspecified atom stereocenters. The van der Waals surface area contributed by atoms with E-state index >= 15 is 0 Å². The number of ether oxygens (including phenoxy) is 1. The predicted octanol–water partition coefficient (Wildman–Crippen LogP) is 5.56. The number of anilines is 1. The highest BCUT2D eigenvalue weighted by Gasteiger charge is 2.17. The van der Waals surface area contributed by atoms with Crippen molar-refractivity contribution in [2.75, 3.05) is 44.3 Å². The van der Waals surface area contributed by atoms with E-state index in [1.165, 1.54) is 59.6 Å². The van der Waals surface area contributed by atoms with Crippen LogP contribution in [0.2, 0.25) is 0 Å². The second-order valence-corrected chi connectivity index (χ2v) is 9.53. The van der Waals surface area contributed by atoms with E-state index in [4.69, 9.17) is 4.74 Å². The Labute approximate surface area is 192 Å². The monoisotopic (exact) mass is 427 g/mol. The first kappa shape index (κ1) is 21.2. The van der Waals surface area contributed by atoms with Crippen LogP contribution in [0.1, 0.15) is 38.2 Å². The van der Waals surface area contributed by atoms with Gasteiger partial charge in [0.2, 0.25) is 0 Å². The van der Waals surface area contributed by atoms with Gasteiger partial charge in [-0.25, -0.2) is 4.58 Å². The molecule has 2 aliphatic carbocycles. The van der Waals surface area contributed by atoms with E-state index in [1.807, 2.05) is 0 Å². The van der Waals surface area contributed by atoms with E-state index in [1.54, 1.807) is 0 Å². The van der Waals surface area contributed by atoms with E-state index in [-0.39, 0.29) is 0 Å². The van der Waals surface area contributed by atoms with Gasteiger partial charge in [-0.2, -0.15) is 0 Å². The minimum absolute atomic E-state index is 0.829. The molecule has 0 amide bonds. The molecule has 0 spiro atoms. The number of piperidine rings is 1. The first-order valence-corrected chi connectivity index (χ1v) is 12.3. The van der Waals surface area contributed by atoms with Crippen molar-refractivity contribution in [3.8, 4) is 0 Å². The Kier molecular flexibility index (Phi) is 6.54. The summed E-state index contributed by atoms with van der Waals surface area (Å²) in [7, 11) is 0. The molecule has 4 aliphatic rings. The average Bonchev–Trinajstić information content (AvgIpc) is 3.28. The van der Waals surface area contributed by atoms with Crippen molar-refractivity contribution >= 4 is 17.5 Å². The van der Waals surface area contributed by atoms with Crippen LogP contribution in [0.25, 0.3) is 6.08 Å². The highest BCUT2D eigenvalue weighted by atomic mass is 16.5. The van der Waals surface area contributed by atoms with E-state index in [2.05, 4.69) is 83.2 Å². The van der Waals surface area contributed by atoms with E-state index in [0.717, 1.165) is 45.1 Å². The molecular weight excluding hydrogens is 392 g/mol. The smallest absolute Gasteiger partial charge is 0.200 e. The largest absolute Gasteiger partial charge is 0.372 e. The number of nitrogens with zero attached hydrogens (tertiary/aromatic N) is 2. The summed E-state index contributed by atoms with van der Waals surface area (Å²) in [6.45, 7) is 8.38. The fraction of sp³-hybridized carbons (Fsp3) is 0.414. The number of allylic oxidation sites excluding steroid dienone is 9. The molecule has 5 rings (SSSR count). The van der Waals surface area contributed by atoms with Gasteiger partial charge in [0.15, 0.2) is 18.8 Å². The summed E-state index contributed by atoms with van der Waals surface area (Å²) in [6.07, 6.45) is 20.9. The zero-order valence-corrected chi connectivity index (χ0v) is 19.3. The summed E-state index contributed by atoms with van der Waals surface area (Å²) < 4.78 is 7.86. The van der Waals surface area contributed by atoms with E-state index < -0.39 is 0 Å². The van der Waals surface area contributed by atoms with Crippen molar-refractivity contribution in [2.24, 2.45) is 5.92 Å². The lowest BCUT2D eigenvalue weighted by Crippen LogP contribution is -2.32. The standard InChI is InChI=1S/C29H35N2O/c1-23-12-14-30(15-13-23)28-8-4-24(5-9-28)20-26-2-3-27(22-26)21-25-6-10-29(11-7-25)31-16-18-32-19-17-31/h4-11,20-23H,2-3,12-19H2,1H3/q+1. The maximum atomic E-state index is 5.46. The van der Waals surface area contributed by atoms with Crippen LogP contribution in [0, 0.1) is 5.92 Å². The van der Waals surface area contributed by atoms with Crippen molar-refractivity contribution in [1.29, 1.82) is 0 Å². The third-order valence-corrected chi connectivity index (χ3v) is 7.09. The van der Waals surface area contributed by atoms with Crippen molar-refractivity contribution in [3.63, 3.8) is 0 Å². The topological polar surface area (TPSA) is 15.5 Å². The molecule has 166 valence electrons. The molecule has 2 saturated heterocycles. The Morgan fingerprint density at radius 2 is 1.62 bits per heavy atom. The van der Waals surface area contributed by atoms with Crippen LogP contribution in [0.5, 0.6) is 0 Å². The molecule has 0 bridgehead atoms. The maximum absolute atomic E-state index is 5.46. The molecule has 2 aliphatic heterocycles. The van der Waals surface area contributed by atoms with Gasteiger partial charge >= 0.3 is 0 Å². The molecule has 3 nitrogen and oxygen atoms in total. The predicted molar refractivity (Wildman–Crippen MR) is 135 cm³/mol. The lowest BCUT2D eigenvalue weighted by molar-refractivity contribution is -0.547. The Morgan fingerprint density at radius 3 is 2.34 bits per heavy atom. The molecule has 3 heteroatoms. The Balaban J connectivity index is 1.22. The van der Waals surface area contributed by atoms with Gasteiger partial charge < -0.3 is 9.64 Å². The minimum atomic E-state index is 0.829. The highest BCUT2D eigenvalue weighted by molar-refractivity contribution is 6.02. The Bertz CT molecular complexity index is 986. The summed E-state index contributed by atoms with van der Waals surface area (Å²) in [5.41, 5.74) is 8.12. The number of rotatable bonds is 3. The van der Waals surface area contributed by atoms with Gasteiger partial charge in [0.05, 0.1) is 0 Å². The first-order chi connectivity index (χ1) is 15.7. The summed E-state index contributed by atoms with van der Waals surface area (Å²) in [4.78, 5) is 2.53. The maximum Gasteiger partial charge on any atom is 0.200 e. The zero-order valence-electron chi connectivity index (χ0n) is 19.3. The SMILES string of the molecule is CC1CCN(c2ccc(/C=C3/C=C(C=C4C=CC(=[N+]5CCOCC5)C=C4)CC3)cc2)CC1. The van der Waals surface area contributed by atoms with E-state index in [0.29, 0.717) is 0 Å². The summed E-state index contributed by atoms with van der Waals surface area (Å²) in [5.74, 6) is 0.873. The molecule has 0 atom stereocenters. The van der Waals surface area contributed by atoms with Crippen molar-refractivity contribution in [3.05, 3.63) is 83.0 Å². The molecule has 2 fully saturated rings. The second kappa shape index (κ2) is 9.87. The van der Waals surface area contributed by atoms with Gasteiger partial charge in [0.25, 0.3) is 0 Å². The van der Waals surface area contributed by atoms with Crippen molar-refractivity contribution < 1.29 is 9.31 Å². The molecule has 1 aromatic rings. The molecule has 0 saturated carbocycles. The van der Waals surface area contributed by atoms with Crippen LogP contribution in [-0.4, -0.2) is 49.7 Å². The lowest BCUT2D eigenvalue weighted by Gasteiger charge is -2.32. The Hall–Kier alpha value is -2.65. The number of hydrogen-bond acceptors (Lipinski definition) is 2. The quantitative estimate of drug-likeness (QED) is 0.587. The summed E-state index contributed by atoms with van der Waals surface area (Å²) >= 11 is 0. The van der Waals surface area contributed by atoms with Crippen LogP contribution in [-0.2, 0) is 4.74 Å². The average molecular weight is 428 g/mol. The fourth-order valence-electron chi connectivity index (χ4n) is 4.98. The molecule has 1 aromatic carbocycles. The molecule has 0 aromatic heterocycles. The second-order valence-electron chi connectivity index (χ2n) is 9.53. The molecule has 32 heavy (non-hydrogen) atoms. The van der Waals surface area contributed by atoms with Gasteiger partial charge in [0, 0.05) is 30.9 Å². The van der Waals surface area contributed by atoms with Crippen molar-refractivity contribution in [1.82, 2.24) is 0 Å². The fourth-order valence-corrected chi connectivity index (χ4v) is 4.98. The summed E-state index contributed by atoms with van der Waals surface area (Å²) in [6, 6.07) is 9.15. The summed E-state index contributed by atoms with van der Waals surface area (Å²) in [5, 5.41) is 0. The van der Waals surface area contributed by atoms with E-state index in [9.17, 15) is 0 Å². The van der Waals surface area contributed by atoms with Crippen LogP contribution >= 0.6 is 0 Å². The lowest BCUT2D eigenvalue weighted by atomic mass is 9.98. The van der Waals surface area contributed by atoms with Crippen LogP contribution in [0.3, 0.4) is 0 Å². The number of hydrogen-bond donors (Lipinski definition) is 0. The van der Waals surface area contributed by atoms with Gasteiger partial charge in [0.1, 0.15) is 13.2 Å². The normalized spacial score (nSPS) is 23.3.